The summed E-state index contributed by atoms with van der Waals surface area (Å²) in [5.41, 5.74) is 12.2. The lowest BCUT2D eigenvalue weighted by molar-refractivity contribution is 0.573. The summed E-state index contributed by atoms with van der Waals surface area (Å²) < 4.78 is 0. The van der Waals surface area contributed by atoms with Gasteiger partial charge in [-0.05, 0) is 68.4 Å². The molecule has 2 aromatic rings. The van der Waals surface area contributed by atoms with Gasteiger partial charge in [0.15, 0.2) is 0 Å². The molecule has 0 saturated carbocycles. The Labute approximate surface area is 151 Å². The number of nitrogens with zero attached hydrogens (tertiary/aromatic N) is 2. The summed E-state index contributed by atoms with van der Waals surface area (Å²) in [6.07, 6.45) is 7.95. The third-order valence-electron chi connectivity index (χ3n) is 5.60. The normalized spacial score (nSPS) is 18.4. The first-order valence-corrected chi connectivity index (χ1v) is 9.81. The van der Waals surface area contributed by atoms with E-state index in [1.807, 2.05) is 6.07 Å². The standard InChI is InChI=1S/C22H29N3/c23-19-9-7-8-18(16-19)21-11-10-20(24-12-3-1-4-13-24)17-22(21)25-14-5-2-6-15-25/h7-11,16-17H,1-6,12-15,23H2. The zero-order chi connectivity index (χ0) is 17.1. The fourth-order valence-corrected chi connectivity index (χ4v) is 4.22. The Morgan fingerprint density at radius 3 is 2.04 bits per heavy atom. The van der Waals surface area contributed by atoms with Gasteiger partial charge < -0.3 is 15.5 Å². The van der Waals surface area contributed by atoms with Crippen LogP contribution in [0.5, 0.6) is 0 Å². The zero-order valence-electron chi connectivity index (χ0n) is 15.1. The van der Waals surface area contributed by atoms with Crippen molar-refractivity contribution in [1.82, 2.24) is 0 Å². The molecule has 2 saturated heterocycles. The number of hydrogen-bond donors (Lipinski definition) is 1. The highest BCUT2D eigenvalue weighted by Crippen LogP contribution is 2.37. The minimum absolute atomic E-state index is 0.835. The van der Waals surface area contributed by atoms with Gasteiger partial charge in [0.25, 0.3) is 0 Å². The molecule has 4 rings (SSSR count). The van der Waals surface area contributed by atoms with Gasteiger partial charge >= 0.3 is 0 Å². The molecule has 2 aliphatic rings. The van der Waals surface area contributed by atoms with E-state index in [9.17, 15) is 0 Å². The van der Waals surface area contributed by atoms with Gasteiger partial charge in [-0.3, -0.25) is 0 Å². The molecule has 3 nitrogen and oxygen atoms in total. The highest BCUT2D eigenvalue weighted by molar-refractivity contribution is 5.83. The highest BCUT2D eigenvalue weighted by atomic mass is 15.2. The second kappa shape index (κ2) is 7.38. The van der Waals surface area contributed by atoms with Gasteiger partial charge in [-0.2, -0.15) is 0 Å². The Hall–Kier alpha value is -2.16. The fourth-order valence-electron chi connectivity index (χ4n) is 4.22. The van der Waals surface area contributed by atoms with Gasteiger partial charge in [0.1, 0.15) is 0 Å². The van der Waals surface area contributed by atoms with Gasteiger partial charge in [0.05, 0.1) is 0 Å². The average molecular weight is 335 g/mol. The van der Waals surface area contributed by atoms with Crippen LogP contribution in [-0.4, -0.2) is 26.2 Å². The maximum atomic E-state index is 6.05. The number of nitrogens with two attached hydrogens (primary N) is 1. The van der Waals surface area contributed by atoms with Gasteiger partial charge in [0, 0.05) is 48.8 Å². The minimum atomic E-state index is 0.835. The fraction of sp³-hybridized carbons (Fsp3) is 0.455. The molecule has 0 aromatic heterocycles. The molecule has 0 amide bonds. The molecule has 0 aliphatic carbocycles. The highest BCUT2D eigenvalue weighted by Gasteiger charge is 2.19. The third-order valence-corrected chi connectivity index (χ3v) is 5.60. The van der Waals surface area contributed by atoms with E-state index >= 15 is 0 Å². The quantitative estimate of drug-likeness (QED) is 0.808. The molecule has 2 heterocycles. The molecule has 2 fully saturated rings. The predicted octanol–water partition coefficient (Wildman–Crippen LogP) is 4.92. The maximum absolute atomic E-state index is 6.05. The summed E-state index contributed by atoms with van der Waals surface area (Å²) >= 11 is 0. The maximum Gasteiger partial charge on any atom is 0.0466 e. The summed E-state index contributed by atoms with van der Waals surface area (Å²) in [5, 5.41) is 0. The van der Waals surface area contributed by atoms with Crippen LogP contribution in [0.1, 0.15) is 38.5 Å². The van der Waals surface area contributed by atoms with E-state index < -0.39 is 0 Å². The van der Waals surface area contributed by atoms with Crippen molar-refractivity contribution >= 4 is 17.1 Å². The molecule has 132 valence electrons. The molecule has 25 heavy (non-hydrogen) atoms. The summed E-state index contributed by atoms with van der Waals surface area (Å²) in [5.74, 6) is 0. The topological polar surface area (TPSA) is 32.5 Å². The van der Waals surface area contributed by atoms with E-state index in [-0.39, 0.29) is 0 Å². The van der Waals surface area contributed by atoms with Crippen molar-refractivity contribution in [1.29, 1.82) is 0 Å². The monoisotopic (exact) mass is 335 g/mol. The summed E-state index contributed by atoms with van der Waals surface area (Å²) in [7, 11) is 0. The summed E-state index contributed by atoms with van der Waals surface area (Å²) in [6.45, 7) is 4.71. The SMILES string of the molecule is Nc1cccc(-c2ccc(N3CCCCC3)cc2N2CCCCC2)c1. The van der Waals surface area contributed by atoms with Crippen molar-refractivity contribution in [2.24, 2.45) is 0 Å². The van der Waals surface area contributed by atoms with Crippen molar-refractivity contribution in [2.45, 2.75) is 38.5 Å². The van der Waals surface area contributed by atoms with Crippen LogP contribution in [0.4, 0.5) is 17.1 Å². The van der Waals surface area contributed by atoms with Gasteiger partial charge in [-0.25, -0.2) is 0 Å². The van der Waals surface area contributed by atoms with Crippen LogP contribution in [-0.2, 0) is 0 Å². The Kier molecular flexibility index (Phi) is 4.82. The van der Waals surface area contributed by atoms with Gasteiger partial charge in [-0.15, -0.1) is 0 Å². The smallest absolute Gasteiger partial charge is 0.0466 e. The van der Waals surface area contributed by atoms with Crippen molar-refractivity contribution in [3.8, 4) is 11.1 Å². The summed E-state index contributed by atoms with van der Waals surface area (Å²) in [6, 6.07) is 15.3. The molecular formula is C22H29N3. The number of nitrogen functional groups attached to an aromatic ring is 1. The van der Waals surface area contributed by atoms with Crippen LogP contribution in [0.15, 0.2) is 42.5 Å². The molecule has 0 bridgehead atoms. The van der Waals surface area contributed by atoms with E-state index in [0.29, 0.717) is 0 Å². The Balaban J connectivity index is 1.74. The lowest BCUT2D eigenvalue weighted by Gasteiger charge is -2.34. The number of hydrogen-bond acceptors (Lipinski definition) is 3. The number of rotatable bonds is 3. The summed E-state index contributed by atoms with van der Waals surface area (Å²) in [4.78, 5) is 5.13. The molecule has 0 atom stereocenters. The van der Waals surface area contributed by atoms with E-state index in [1.54, 1.807) is 0 Å². The van der Waals surface area contributed by atoms with Crippen molar-refractivity contribution in [2.75, 3.05) is 41.7 Å². The van der Waals surface area contributed by atoms with Crippen LogP contribution in [0.25, 0.3) is 11.1 Å². The Bertz CT molecular complexity index is 713. The number of piperidine rings is 2. The Morgan fingerprint density at radius 1 is 0.680 bits per heavy atom. The lowest BCUT2D eigenvalue weighted by Crippen LogP contribution is -2.31. The largest absolute Gasteiger partial charge is 0.399 e. The molecule has 0 spiro atoms. The average Bonchev–Trinajstić information content (AvgIpc) is 2.69. The third kappa shape index (κ3) is 3.60. The molecular weight excluding hydrogens is 306 g/mol. The van der Waals surface area contributed by atoms with E-state index in [1.165, 1.54) is 87.2 Å². The van der Waals surface area contributed by atoms with E-state index in [2.05, 4.69) is 46.2 Å². The minimum Gasteiger partial charge on any atom is -0.399 e. The van der Waals surface area contributed by atoms with Crippen LogP contribution < -0.4 is 15.5 Å². The first-order chi connectivity index (χ1) is 12.3. The molecule has 2 aromatic carbocycles. The number of anilines is 3. The molecule has 2 N–H and O–H groups in total. The lowest BCUT2D eigenvalue weighted by atomic mass is 9.99. The van der Waals surface area contributed by atoms with Crippen LogP contribution in [0.3, 0.4) is 0 Å². The van der Waals surface area contributed by atoms with Crippen molar-refractivity contribution < 1.29 is 0 Å². The van der Waals surface area contributed by atoms with Crippen molar-refractivity contribution in [3.05, 3.63) is 42.5 Å². The first kappa shape index (κ1) is 16.3. The zero-order valence-corrected chi connectivity index (χ0v) is 15.1. The molecule has 3 heteroatoms. The van der Waals surface area contributed by atoms with Crippen LogP contribution >= 0.6 is 0 Å². The van der Waals surface area contributed by atoms with Gasteiger partial charge in [0.2, 0.25) is 0 Å². The second-order valence-corrected chi connectivity index (χ2v) is 7.42. The first-order valence-electron chi connectivity index (χ1n) is 9.81. The molecule has 0 radical (unpaired) electrons. The Morgan fingerprint density at radius 2 is 1.36 bits per heavy atom. The van der Waals surface area contributed by atoms with Crippen molar-refractivity contribution in [3.63, 3.8) is 0 Å². The second-order valence-electron chi connectivity index (χ2n) is 7.42. The van der Waals surface area contributed by atoms with Gasteiger partial charge in [-0.1, -0.05) is 18.2 Å². The molecule has 0 unspecified atom stereocenters. The van der Waals surface area contributed by atoms with E-state index in [4.69, 9.17) is 5.73 Å². The molecule has 2 aliphatic heterocycles. The predicted molar refractivity (Wildman–Crippen MR) is 108 cm³/mol. The van der Waals surface area contributed by atoms with Crippen LogP contribution in [0, 0.1) is 0 Å². The van der Waals surface area contributed by atoms with Crippen LogP contribution in [0.2, 0.25) is 0 Å². The van der Waals surface area contributed by atoms with E-state index in [0.717, 1.165) is 5.69 Å². The number of benzene rings is 2.